The van der Waals surface area contributed by atoms with Crippen molar-refractivity contribution in [2.45, 2.75) is 0 Å². The van der Waals surface area contributed by atoms with Crippen molar-refractivity contribution in [3.8, 4) is 17.2 Å². The van der Waals surface area contributed by atoms with Crippen molar-refractivity contribution >= 4 is 19.7 Å². The number of ether oxygens (including phenoxy) is 3. The van der Waals surface area contributed by atoms with E-state index in [1.807, 2.05) is 6.07 Å². The van der Waals surface area contributed by atoms with Gasteiger partial charge in [0.05, 0.1) is 21.3 Å². The largest absolute Gasteiger partial charge is 0.524 e. The summed E-state index contributed by atoms with van der Waals surface area (Å²) in [6.45, 7) is 0. The van der Waals surface area contributed by atoms with E-state index in [1.165, 1.54) is 39.5 Å². The van der Waals surface area contributed by atoms with Crippen LogP contribution < -0.4 is 14.0 Å². The fourth-order valence-corrected chi connectivity index (χ4v) is 2.78. The molecule has 2 N–H and O–H groups in total. The molecule has 9 heteroatoms. The van der Waals surface area contributed by atoms with Crippen LogP contribution >= 0.6 is 7.82 Å². The number of benzene rings is 2. The molecule has 0 bridgehead atoms. The molecule has 0 atom stereocenters. The first-order chi connectivity index (χ1) is 12.8. The number of phosphoric ester groups is 1. The predicted molar refractivity (Wildman–Crippen MR) is 98.0 cm³/mol. The van der Waals surface area contributed by atoms with Gasteiger partial charge in [0.25, 0.3) is 0 Å². The molecule has 0 saturated heterocycles. The zero-order chi connectivity index (χ0) is 20.0. The van der Waals surface area contributed by atoms with E-state index >= 15 is 0 Å². The summed E-state index contributed by atoms with van der Waals surface area (Å²) in [7, 11) is -0.951. The van der Waals surface area contributed by atoms with E-state index in [0.29, 0.717) is 5.56 Å². The Bertz CT molecular complexity index is 886. The van der Waals surface area contributed by atoms with Gasteiger partial charge in [-0.2, -0.15) is 0 Å². The van der Waals surface area contributed by atoms with Crippen LogP contribution in [0.1, 0.15) is 15.9 Å². The van der Waals surface area contributed by atoms with Gasteiger partial charge in [-0.25, -0.2) is 4.57 Å². The maximum absolute atomic E-state index is 13.1. The number of ketones is 1. The Morgan fingerprint density at radius 1 is 0.963 bits per heavy atom. The molecule has 27 heavy (non-hydrogen) atoms. The molecule has 0 fully saturated rings. The zero-order valence-corrected chi connectivity index (χ0v) is 15.8. The van der Waals surface area contributed by atoms with Gasteiger partial charge < -0.3 is 18.7 Å². The van der Waals surface area contributed by atoms with Gasteiger partial charge in [-0.15, -0.1) is 0 Å². The Balaban J connectivity index is 2.63. The molecule has 8 nitrogen and oxygen atoms in total. The number of hydrogen-bond acceptors (Lipinski definition) is 6. The van der Waals surface area contributed by atoms with Crippen molar-refractivity contribution in [3.63, 3.8) is 0 Å². The Labute approximate surface area is 156 Å². The maximum Gasteiger partial charge on any atom is 0.524 e. The summed E-state index contributed by atoms with van der Waals surface area (Å²) in [5.74, 6) is -0.982. The molecular weight excluding hydrogens is 375 g/mol. The molecule has 0 aromatic heterocycles. The first-order valence-corrected chi connectivity index (χ1v) is 9.19. The molecule has 0 heterocycles. The fraction of sp³-hybridized carbons (Fsp3) is 0.167. The minimum absolute atomic E-state index is 0.0375. The summed E-state index contributed by atoms with van der Waals surface area (Å²) in [6, 6.07) is 11.5. The number of carbonyl (C=O) groups is 1. The lowest BCUT2D eigenvalue weighted by molar-refractivity contribution is 0.0951. The minimum atomic E-state index is -4.92. The van der Waals surface area contributed by atoms with Crippen LogP contribution in [-0.2, 0) is 9.30 Å². The standard InChI is InChI=1S/C18H19O8P/c1-23-14-10-9-13(26-27(20,21)22)16(18(14)25-3)17(19)15(24-2)11-12-7-5-4-6-8-12/h4-11H,1-3H3,(H2,20,21,22). The first kappa shape index (κ1) is 20.5. The highest BCUT2D eigenvalue weighted by atomic mass is 31.2. The number of phosphoric acid groups is 1. The molecule has 2 rings (SSSR count). The van der Waals surface area contributed by atoms with Gasteiger partial charge in [0.15, 0.2) is 17.3 Å². The average Bonchev–Trinajstić information content (AvgIpc) is 2.64. The van der Waals surface area contributed by atoms with Gasteiger partial charge >= 0.3 is 7.82 Å². The molecule has 0 aliphatic heterocycles. The summed E-state index contributed by atoms with van der Waals surface area (Å²) in [5, 5.41) is 0. The molecule has 0 saturated carbocycles. The van der Waals surface area contributed by atoms with E-state index in [4.69, 9.17) is 24.0 Å². The van der Waals surface area contributed by atoms with Gasteiger partial charge in [0.1, 0.15) is 11.3 Å². The number of rotatable bonds is 8. The molecule has 0 amide bonds. The van der Waals surface area contributed by atoms with Gasteiger partial charge in [-0.3, -0.25) is 14.6 Å². The Morgan fingerprint density at radius 3 is 2.11 bits per heavy atom. The molecule has 2 aromatic carbocycles. The number of Topliss-reactive ketones (excluding diaryl/α,β-unsaturated/α-hetero) is 1. The molecule has 0 spiro atoms. The lowest BCUT2D eigenvalue weighted by Crippen LogP contribution is -2.10. The van der Waals surface area contributed by atoms with Crippen molar-refractivity contribution in [3.05, 3.63) is 59.4 Å². The molecule has 0 aliphatic rings. The number of carbonyl (C=O) groups excluding carboxylic acids is 1. The van der Waals surface area contributed by atoms with Crippen LogP contribution in [0, 0.1) is 0 Å². The topological polar surface area (TPSA) is 112 Å². The van der Waals surface area contributed by atoms with Crippen molar-refractivity contribution < 1.29 is 37.9 Å². The van der Waals surface area contributed by atoms with E-state index in [9.17, 15) is 9.36 Å². The highest BCUT2D eigenvalue weighted by molar-refractivity contribution is 7.46. The van der Waals surface area contributed by atoms with Crippen LogP contribution in [0.2, 0.25) is 0 Å². The van der Waals surface area contributed by atoms with Gasteiger partial charge in [0, 0.05) is 0 Å². The smallest absolute Gasteiger partial charge is 0.493 e. The molecule has 144 valence electrons. The molecule has 0 unspecified atom stereocenters. The number of hydrogen-bond donors (Lipinski definition) is 2. The second kappa shape index (κ2) is 8.73. The van der Waals surface area contributed by atoms with Crippen LogP contribution in [0.15, 0.2) is 48.2 Å². The predicted octanol–water partition coefficient (Wildman–Crippen LogP) is 3.05. The zero-order valence-electron chi connectivity index (χ0n) is 14.9. The van der Waals surface area contributed by atoms with Gasteiger partial charge in [0.2, 0.25) is 5.78 Å². The van der Waals surface area contributed by atoms with E-state index < -0.39 is 13.6 Å². The van der Waals surface area contributed by atoms with Crippen LogP contribution in [0.3, 0.4) is 0 Å². The third kappa shape index (κ3) is 5.10. The van der Waals surface area contributed by atoms with Crippen LogP contribution in [0.4, 0.5) is 0 Å². The Morgan fingerprint density at radius 2 is 1.59 bits per heavy atom. The highest BCUT2D eigenvalue weighted by Crippen LogP contribution is 2.45. The van der Waals surface area contributed by atoms with E-state index in [2.05, 4.69) is 4.52 Å². The lowest BCUT2D eigenvalue weighted by Gasteiger charge is -2.17. The van der Waals surface area contributed by atoms with E-state index in [1.54, 1.807) is 24.3 Å². The lowest BCUT2D eigenvalue weighted by atomic mass is 10.0. The van der Waals surface area contributed by atoms with Crippen molar-refractivity contribution in [1.29, 1.82) is 0 Å². The fourth-order valence-electron chi connectivity index (χ4n) is 2.37. The quantitative estimate of drug-likeness (QED) is 0.304. The summed E-state index contributed by atoms with van der Waals surface area (Å²) >= 11 is 0. The third-order valence-corrected chi connectivity index (χ3v) is 3.93. The normalized spacial score (nSPS) is 11.7. The first-order valence-electron chi connectivity index (χ1n) is 7.66. The highest BCUT2D eigenvalue weighted by Gasteiger charge is 2.29. The van der Waals surface area contributed by atoms with Gasteiger partial charge in [-0.1, -0.05) is 30.3 Å². The summed E-state index contributed by atoms with van der Waals surface area (Å²) in [4.78, 5) is 31.4. The summed E-state index contributed by atoms with van der Waals surface area (Å²) < 4.78 is 31.5. The SMILES string of the molecule is COC(=Cc1ccccc1)C(=O)c1c(OP(=O)(O)O)ccc(OC)c1OC. The molecule has 2 aromatic rings. The van der Waals surface area contributed by atoms with Crippen LogP contribution in [-0.4, -0.2) is 36.9 Å². The Kier molecular flexibility index (Phi) is 6.63. The van der Waals surface area contributed by atoms with Crippen molar-refractivity contribution in [2.24, 2.45) is 0 Å². The number of allylic oxidation sites excluding steroid dienone is 1. The second-order valence-corrected chi connectivity index (χ2v) is 6.37. The van der Waals surface area contributed by atoms with Gasteiger partial charge in [-0.05, 0) is 23.8 Å². The molecule has 0 radical (unpaired) electrons. The average molecular weight is 394 g/mol. The van der Waals surface area contributed by atoms with Crippen molar-refractivity contribution in [1.82, 2.24) is 0 Å². The van der Waals surface area contributed by atoms with E-state index in [-0.39, 0.29) is 28.6 Å². The minimum Gasteiger partial charge on any atom is -0.493 e. The maximum atomic E-state index is 13.1. The molecular formula is C18H19O8P. The van der Waals surface area contributed by atoms with Crippen molar-refractivity contribution in [2.75, 3.05) is 21.3 Å². The van der Waals surface area contributed by atoms with Crippen LogP contribution in [0.25, 0.3) is 6.08 Å². The summed E-state index contributed by atoms with van der Waals surface area (Å²) in [5.41, 5.74) is 0.464. The third-order valence-electron chi connectivity index (χ3n) is 3.49. The second-order valence-electron chi connectivity index (χ2n) is 5.21. The van der Waals surface area contributed by atoms with Crippen LogP contribution in [0.5, 0.6) is 17.2 Å². The van der Waals surface area contributed by atoms with E-state index in [0.717, 1.165) is 0 Å². The molecule has 0 aliphatic carbocycles. The number of methoxy groups -OCH3 is 3. The Hall–Kier alpha value is -2.80. The summed E-state index contributed by atoms with van der Waals surface area (Å²) in [6.07, 6.45) is 1.49. The monoisotopic (exact) mass is 394 g/mol.